The topological polar surface area (TPSA) is 57.0 Å². The summed E-state index contributed by atoms with van der Waals surface area (Å²) < 4.78 is 7.35. The van der Waals surface area contributed by atoms with Crippen LogP contribution in [-0.2, 0) is 4.74 Å². The largest absolute Gasteiger partial charge is 0.377 e. The summed E-state index contributed by atoms with van der Waals surface area (Å²) >= 11 is 1.56. The predicted molar refractivity (Wildman–Crippen MR) is 99.6 cm³/mol. The maximum Gasteiger partial charge on any atom is 0.267 e. The van der Waals surface area contributed by atoms with E-state index in [2.05, 4.69) is 4.98 Å². The molecule has 128 valence electrons. The number of aromatic nitrogens is 3. The van der Waals surface area contributed by atoms with Gasteiger partial charge in [0, 0.05) is 18.6 Å². The van der Waals surface area contributed by atoms with Crippen molar-refractivity contribution < 1.29 is 4.74 Å². The molecule has 5 nitrogen and oxygen atoms in total. The maximum absolute atomic E-state index is 13.1. The number of nitrogens with zero attached hydrogens (tertiary/aromatic N) is 3. The van der Waals surface area contributed by atoms with Crippen molar-refractivity contribution in [3.05, 3.63) is 58.5 Å². The number of fused-ring (bicyclic) bond motifs is 1. The van der Waals surface area contributed by atoms with E-state index in [0.717, 1.165) is 30.8 Å². The summed E-state index contributed by atoms with van der Waals surface area (Å²) in [6.07, 6.45) is 4.10. The molecule has 6 heteroatoms. The molecular weight excluding hydrogens is 334 g/mol. The predicted octanol–water partition coefficient (Wildman–Crippen LogP) is 3.36. The van der Waals surface area contributed by atoms with Crippen LogP contribution >= 0.6 is 11.8 Å². The van der Waals surface area contributed by atoms with Crippen LogP contribution in [0.5, 0.6) is 0 Å². The van der Waals surface area contributed by atoms with Gasteiger partial charge in [-0.3, -0.25) is 4.79 Å². The van der Waals surface area contributed by atoms with Crippen LogP contribution in [0.1, 0.15) is 18.4 Å². The Morgan fingerprint density at radius 3 is 2.96 bits per heavy atom. The van der Waals surface area contributed by atoms with Crippen molar-refractivity contribution in [2.45, 2.75) is 31.0 Å². The van der Waals surface area contributed by atoms with Crippen molar-refractivity contribution in [2.75, 3.05) is 12.4 Å². The van der Waals surface area contributed by atoms with Crippen LogP contribution < -0.4 is 5.56 Å². The summed E-state index contributed by atoms with van der Waals surface area (Å²) in [6.45, 7) is 2.78. The van der Waals surface area contributed by atoms with E-state index < -0.39 is 0 Å². The third kappa shape index (κ3) is 3.19. The van der Waals surface area contributed by atoms with E-state index in [1.165, 1.54) is 0 Å². The van der Waals surface area contributed by atoms with Gasteiger partial charge in [-0.25, -0.2) is 14.5 Å². The molecule has 1 saturated heterocycles. The lowest BCUT2D eigenvalue weighted by Crippen LogP contribution is -2.24. The third-order valence-electron chi connectivity index (χ3n) is 4.36. The van der Waals surface area contributed by atoms with Gasteiger partial charge in [-0.1, -0.05) is 30.0 Å². The van der Waals surface area contributed by atoms with Crippen molar-refractivity contribution in [1.82, 2.24) is 14.5 Å². The van der Waals surface area contributed by atoms with Gasteiger partial charge in [0.25, 0.3) is 5.56 Å². The van der Waals surface area contributed by atoms with Crippen molar-refractivity contribution in [2.24, 2.45) is 0 Å². The highest BCUT2D eigenvalue weighted by Crippen LogP contribution is 2.25. The number of rotatable bonds is 4. The molecule has 0 unspecified atom stereocenters. The average molecular weight is 353 g/mol. The molecule has 0 bridgehead atoms. The Hall–Kier alpha value is -2.18. The molecule has 0 spiro atoms. The minimum atomic E-state index is -0.0813. The molecule has 4 rings (SSSR count). The summed E-state index contributed by atoms with van der Waals surface area (Å²) in [5.41, 5.74) is 1.58. The van der Waals surface area contributed by atoms with Gasteiger partial charge in [-0.2, -0.15) is 0 Å². The molecule has 0 N–H and O–H groups in total. The lowest BCUT2D eigenvalue weighted by Gasteiger charge is -2.15. The normalized spacial score (nSPS) is 17.2. The smallest absolute Gasteiger partial charge is 0.267 e. The zero-order valence-corrected chi connectivity index (χ0v) is 14.8. The van der Waals surface area contributed by atoms with E-state index in [1.807, 2.05) is 43.3 Å². The minimum absolute atomic E-state index is 0.0813. The lowest BCUT2D eigenvalue weighted by molar-refractivity contribution is 0.129. The summed E-state index contributed by atoms with van der Waals surface area (Å²) in [6, 6.07) is 11.3. The second-order valence-electron chi connectivity index (χ2n) is 6.14. The Morgan fingerprint density at radius 2 is 2.16 bits per heavy atom. The van der Waals surface area contributed by atoms with Gasteiger partial charge in [0.15, 0.2) is 5.16 Å². The summed E-state index contributed by atoms with van der Waals surface area (Å²) in [5.74, 6) is 1.43. The molecule has 0 saturated carbocycles. The zero-order chi connectivity index (χ0) is 17.2. The Bertz CT molecular complexity index is 964. The highest BCUT2D eigenvalue weighted by molar-refractivity contribution is 7.99. The van der Waals surface area contributed by atoms with Gasteiger partial charge in [-0.05, 0) is 43.5 Å². The molecule has 0 amide bonds. The Morgan fingerprint density at radius 1 is 1.28 bits per heavy atom. The molecule has 1 aliphatic heterocycles. The second kappa shape index (κ2) is 6.98. The first kappa shape index (κ1) is 16.3. The number of thioether (sulfide) groups is 1. The standard InChI is InChI=1S/C19H19N3O2S/c1-13-6-4-10-20-17(13)22-18(23)15-8-2-3-9-16(15)21-19(22)25-12-14-7-5-11-24-14/h2-4,6,8-10,14H,5,7,11-12H2,1H3/t14-/m1/s1. The van der Waals surface area contributed by atoms with Crippen LogP contribution in [0, 0.1) is 6.92 Å². The SMILES string of the molecule is Cc1cccnc1-n1c(SC[C@H]2CCCO2)nc2ccccc2c1=O. The monoisotopic (exact) mass is 353 g/mol. The second-order valence-corrected chi connectivity index (χ2v) is 7.13. The van der Waals surface area contributed by atoms with Crippen LogP contribution in [-0.4, -0.2) is 33.0 Å². The number of pyridine rings is 1. The summed E-state index contributed by atoms with van der Waals surface area (Å²) in [4.78, 5) is 22.3. The van der Waals surface area contributed by atoms with Gasteiger partial charge in [0.05, 0.1) is 17.0 Å². The molecule has 0 aliphatic carbocycles. The Balaban J connectivity index is 1.85. The molecular formula is C19H19N3O2S. The van der Waals surface area contributed by atoms with Crippen LogP contribution in [0.2, 0.25) is 0 Å². The minimum Gasteiger partial charge on any atom is -0.377 e. The van der Waals surface area contributed by atoms with E-state index in [1.54, 1.807) is 22.5 Å². The van der Waals surface area contributed by atoms with E-state index in [9.17, 15) is 4.79 Å². The van der Waals surface area contributed by atoms with E-state index in [4.69, 9.17) is 9.72 Å². The number of ether oxygens (including phenoxy) is 1. The molecule has 1 aliphatic rings. The number of para-hydroxylation sites is 1. The quantitative estimate of drug-likeness (QED) is 0.532. The van der Waals surface area contributed by atoms with Gasteiger partial charge >= 0.3 is 0 Å². The fourth-order valence-corrected chi connectivity index (χ4v) is 4.11. The van der Waals surface area contributed by atoms with Crippen LogP contribution in [0.15, 0.2) is 52.5 Å². The average Bonchev–Trinajstić information content (AvgIpc) is 3.15. The van der Waals surface area contributed by atoms with Crippen molar-refractivity contribution in [3.8, 4) is 5.82 Å². The molecule has 0 radical (unpaired) electrons. The summed E-state index contributed by atoms with van der Waals surface area (Å²) in [5, 5.41) is 1.27. The van der Waals surface area contributed by atoms with Crippen LogP contribution in [0.3, 0.4) is 0 Å². The first-order valence-electron chi connectivity index (χ1n) is 8.42. The van der Waals surface area contributed by atoms with Gasteiger partial charge in [-0.15, -0.1) is 0 Å². The Labute approximate surface area is 150 Å². The van der Waals surface area contributed by atoms with Gasteiger partial charge < -0.3 is 4.74 Å². The zero-order valence-electron chi connectivity index (χ0n) is 14.0. The van der Waals surface area contributed by atoms with E-state index >= 15 is 0 Å². The number of benzene rings is 1. The summed E-state index contributed by atoms with van der Waals surface area (Å²) in [7, 11) is 0. The van der Waals surface area contributed by atoms with Crippen molar-refractivity contribution >= 4 is 22.7 Å². The number of hydrogen-bond acceptors (Lipinski definition) is 5. The first-order valence-corrected chi connectivity index (χ1v) is 9.41. The van der Waals surface area contributed by atoms with Crippen molar-refractivity contribution in [3.63, 3.8) is 0 Å². The maximum atomic E-state index is 13.1. The van der Waals surface area contributed by atoms with Crippen LogP contribution in [0.25, 0.3) is 16.7 Å². The van der Waals surface area contributed by atoms with E-state index in [0.29, 0.717) is 21.9 Å². The molecule has 2 aromatic heterocycles. The van der Waals surface area contributed by atoms with Crippen molar-refractivity contribution in [1.29, 1.82) is 0 Å². The van der Waals surface area contributed by atoms with Gasteiger partial charge in [0.2, 0.25) is 0 Å². The molecule has 1 atom stereocenters. The molecule has 25 heavy (non-hydrogen) atoms. The molecule has 3 heterocycles. The fourth-order valence-electron chi connectivity index (χ4n) is 3.05. The number of hydrogen-bond donors (Lipinski definition) is 0. The Kier molecular flexibility index (Phi) is 4.55. The van der Waals surface area contributed by atoms with Gasteiger partial charge in [0.1, 0.15) is 5.82 Å². The number of aryl methyl sites for hydroxylation is 1. The lowest BCUT2D eigenvalue weighted by atomic mass is 10.2. The molecule has 1 fully saturated rings. The van der Waals surface area contributed by atoms with Crippen LogP contribution in [0.4, 0.5) is 0 Å². The third-order valence-corrected chi connectivity index (χ3v) is 5.43. The highest BCUT2D eigenvalue weighted by atomic mass is 32.2. The highest BCUT2D eigenvalue weighted by Gasteiger charge is 2.20. The van der Waals surface area contributed by atoms with E-state index in [-0.39, 0.29) is 11.7 Å². The molecule has 1 aromatic carbocycles. The molecule has 3 aromatic rings. The fraction of sp³-hybridized carbons (Fsp3) is 0.316. The first-order chi connectivity index (χ1) is 12.2.